The summed E-state index contributed by atoms with van der Waals surface area (Å²) in [6.45, 7) is 2.44. The topological polar surface area (TPSA) is 241 Å². The van der Waals surface area contributed by atoms with Crippen LogP contribution in [0.3, 0.4) is 0 Å². The van der Waals surface area contributed by atoms with Crippen LogP contribution >= 0.6 is 0 Å². The molecular weight excluding hydrogens is 431 g/mol. The van der Waals surface area contributed by atoms with Gasteiger partial charge in [0.1, 0.15) is 0 Å². The standard InChI is InChI=1S/4C2H4O3.C2H4.Sn/c4*3-1-2(4)5;1-2;/h4*3H,1H2,(H,4,5);1-2H2;/q;;;;;+4/p-4. The third kappa shape index (κ3) is 172. The summed E-state index contributed by atoms with van der Waals surface area (Å²) in [7, 11) is 0. The zero-order chi connectivity index (χ0) is 19.1. The molecule has 0 aliphatic rings. The molecular formula is C10H16O12Sn. The average molecular weight is 447 g/mol. The molecule has 0 heterocycles. The van der Waals surface area contributed by atoms with Crippen LogP contribution in [0.4, 0.5) is 0 Å². The Bertz CT molecular complexity index is 238. The molecule has 0 saturated carbocycles. The van der Waals surface area contributed by atoms with Crippen LogP contribution in [-0.4, -0.2) is 94.6 Å². The average Bonchev–Trinajstić information content (AvgIpc) is 2.50. The minimum atomic E-state index is -1.44. The number of hydrogen-bond donors (Lipinski definition) is 4. The van der Waals surface area contributed by atoms with Gasteiger partial charge in [0.25, 0.3) is 0 Å². The molecule has 0 aromatic carbocycles. The Hall–Kier alpha value is -1.74. The van der Waals surface area contributed by atoms with Gasteiger partial charge in [0, 0.05) is 0 Å². The van der Waals surface area contributed by atoms with E-state index < -0.39 is 50.3 Å². The molecule has 4 N–H and O–H groups in total. The fourth-order valence-electron chi connectivity index (χ4n) is 0. The van der Waals surface area contributed by atoms with E-state index in [1.165, 1.54) is 0 Å². The molecule has 0 aromatic rings. The Labute approximate surface area is 147 Å². The van der Waals surface area contributed by atoms with Crippen molar-refractivity contribution in [2.75, 3.05) is 26.4 Å². The minimum Gasteiger partial charge on any atom is -0.548 e. The van der Waals surface area contributed by atoms with E-state index in [0.29, 0.717) is 0 Å². The molecule has 0 saturated heterocycles. The maximum absolute atomic E-state index is 9.01. The molecule has 0 atom stereocenters. The predicted octanol–water partition coefficient (Wildman–Crippen LogP) is -8.66. The molecule has 12 nitrogen and oxygen atoms in total. The Morgan fingerprint density at radius 1 is 0.565 bits per heavy atom. The van der Waals surface area contributed by atoms with Crippen LogP contribution < -0.4 is 20.4 Å². The summed E-state index contributed by atoms with van der Waals surface area (Å²) >= 11 is 0. The number of aliphatic hydroxyl groups excluding tert-OH is 4. The van der Waals surface area contributed by atoms with E-state index in [0.717, 1.165) is 0 Å². The first-order chi connectivity index (χ1) is 10.1. The number of aliphatic hydroxyl groups is 4. The second kappa shape index (κ2) is 37.0. The molecule has 23 heavy (non-hydrogen) atoms. The zero-order valence-electron chi connectivity index (χ0n) is 11.8. The third-order valence-electron chi connectivity index (χ3n) is 0.516. The largest absolute Gasteiger partial charge is 4.00 e. The molecule has 0 rings (SSSR count). The normalized spacial score (nSPS) is 6.61. The predicted molar refractivity (Wildman–Crippen MR) is 65.4 cm³/mol. The van der Waals surface area contributed by atoms with Gasteiger partial charge in [0.2, 0.25) is 0 Å². The van der Waals surface area contributed by atoms with Crippen LogP contribution in [-0.2, 0) is 19.2 Å². The summed E-state index contributed by atoms with van der Waals surface area (Å²) in [5.74, 6) is -5.76. The molecule has 0 fully saturated rings. The first-order valence-corrected chi connectivity index (χ1v) is 4.81. The van der Waals surface area contributed by atoms with E-state index in [1.54, 1.807) is 0 Å². The second-order valence-electron chi connectivity index (χ2n) is 2.12. The third-order valence-corrected chi connectivity index (χ3v) is 0.516. The van der Waals surface area contributed by atoms with Crippen LogP contribution in [0.25, 0.3) is 0 Å². The van der Waals surface area contributed by atoms with Gasteiger partial charge in [-0.1, -0.05) is 0 Å². The Morgan fingerprint density at radius 3 is 0.609 bits per heavy atom. The van der Waals surface area contributed by atoms with Gasteiger partial charge >= 0.3 is 23.9 Å². The number of carbonyl (C=O) groups is 4. The van der Waals surface area contributed by atoms with Crippen molar-refractivity contribution in [2.24, 2.45) is 0 Å². The molecule has 0 unspecified atom stereocenters. The summed E-state index contributed by atoms with van der Waals surface area (Å²) in [5.41, 5.74) is 0. The molecule has 0 aliphatic carbocycles. The molecule has 0 aliphatic heterocycles. The fraction of sp³-hybridized carbons (Fsp3) is 0.400. The van der Waals surface area contributed by atoms with Crippen LogP contribution in [0, 0.1) is 0 Å². The summed E-state index contributed by atoms with van der Waals surface area (Å²) in [5, 5.41) is 66.0. The molecule has 0 radical (unpaired) electrons. The number of hydrogen-bond acceptors (Lipinski definition) is 12. The number of carboxylic acids is 4. The van der Waals surface area contributed by atoms with Crippen molar-refractivity contribution in [3.05, 3.63) is 13.2 Å². The monoisotopic (exact) mass is 448 g/mol. The summed E-state index contributed by atoms with van der Waals surface area (Å²) < 4.78 is 0. The molecule has 0 amide bonds. The van der Waals surface area contributed by atoms with E-state index in [9.17, 15) is 0 Å². The van der Waals surface area contributed by atoms with Gasteiger partial charge in [0.05, 0.1) is 50.3 Å². The fourth-order valence-corrected chi connectivity index (χ4v) is 0. The molecule has 0 aromatic heterocycles. The zero-order valence-corrected chi connectivity index (χ0v) is 14.7. The summed E-state index contributed by atoms with van der Waals surface area (Å²) in [6, 6.07) is 0. The van der Waals surface area contributed by atoms with Crippen molar-refractivity contribution in [3.8, 4) is 0 Å². The Kier molecular flexibility index (Phi) is 60.2. The number of carbonyl (C=O) groups excluding carboxylic acids is 4. The first-order valence-electron chi connectivity index (χ1n) is 4.81. The van der Waals surface area contributed by atoms with E-state index in [1.807, 2.05) is 0 Å². The van der Waals surface area contributed by atoms with Gasteiger partial charge in [-0.2, -0.15) is 0 Å². The van der Waals surface area contributed by atoms with Crippen molar-refractivity contribution >= 4 is 47.8 Å². The van der Waals surface area contributed by atoms with E-state index in [-0.39, 0.29) is 23.9 Å². The maximum Gasteiger partial charge on any atom is 4.00 e. The molecule has 0 bridgehead atoms. The van der Waals surface area contributed by atoms with E-state index in [4.69, 9.17) is 60.0 Å². The van der Waals surface area contributed by atoms with Crippen molar-refractivity contribution in [3.63, 3.8) is 0 Å². The van der Waals surface area contributed by atoms with Crippen molar-refractivity contribution in [1.29, 1.82) is 0 Å². The minimum absolute atomic E-state index is 0. The smallest absolute Gasteiger partial charge is 0.548 e. The van der Waals surface area contributed by atoms with Gasteiger partial charge < -0.3 is 60.0 Å². The van der Waals surface area contributed by atoms with Gasteiger partial charge in [-0.25, -0.2) is 0 Å². The number of carboxylic acid groups (broad SMARTS) is 4. The van der Waals surface area contributed by atoms with Crippen LogP contribution in [0.2, 0.25) is 0 Å². The number of rotatable bonds is 4. The van der Waals surface area contributed by atoms with Crippen LogP contribution in [0.5, 0.6) is 0 Å². The summed E-state index contributed by atoms with van der Waals surface area (Å²) in [4.78, 5) is 36.0. The van der Waals surface area contributed by atoms with E-state index in [2.05, 4.69) is 13.2 Å². The molecule has 132 valence electrons. The molecule has 13 heteroatoms. The second-order valence-corrected chi connectivity index (χ2v) is 2.12. The van der Waals surface area contributed by atoms with Crippen LogP contribution in [0.15, 0.2) is 13.2 Å². The van der Waals surface area contributed by atoms with Gasteiger partial charge in [0.15, 0.2) is 0 Å². The summed E-state index contributed by atoms with van der Waals surface area (Å²) in [6.07, 6.45) is 0. The number of aliphatic carboxylic acids is 4. The van der Waals surface area contributed by atoms with Crippen LogP contribution in [0.1, 0.15) is 0 Å². The Balaban J connectivity index is -0.0000000398. The maximum atomic E-state index is 9.01. The van der Waals surface area contributed by atoms with Gasteiger partial charge in [-0.05, 0) is 0 Å². The van der Waals surface area contributed by atoms with Gasteiger partial charge in [-0.3, -0.25) is 0 Å². The first kappa shape index (κ1) is 37.5. The SMILES string of the molecule is C=C.O=C([O-])CO.O=C([O-])CO.O=C([O-])CO.O=C([O-])CO.[Sn+4]. The van der Waals surface area contributed by atoms with E-state index >= 15 is 0 Å². The quantitative estimate of drug-likeness (QED) is 0.232. The van der Waals surface area contributed by atoms with Gasteiger partial charge in [-0.15, -0.1) is 13.2 Å². The van der Waals surface area contributed by atoms with Crippen molar-refractivity contribution in [1.82, 2.24) is 0 Å². The molecule has 0 spiro atoms. The van der Waals surface area contributed by atoms with Crippen molar-refractivity contribution in [2.45, 2.75) is 0 Å². The van der Waals surface area contributed by atoms with Crippen molar-refractivity contribution < 1.29 is 60.0 Å². The Morgan fingerprint density at radius 2 is 0.609 bits per heavy atom.